The molecule has 2 N–H and O–H groups in total. The van der Waals surface area contributed by atoms with Gasteiger partial charge in [-0.1, -0.05) is 0 Å². The summed E-state index contributed by atoms with van der Waals surface area (Å²) in [4.78, 5) is 13.6. The Morgan fingerprint density at radius 1 is 1.20 bits per heavy atom. The second-order valence-electron chi connectivity index (χ2n) is 4.67. The number of carboxylic acids is 1. The van der Waals surface area contributed by atoms with Crippen molar-refractivity contribution in [3.63, 3.8) is 0 Å². The van der Waals surface area contributed by atoms with Gasteiger partial charge in [0, 0.05) is 32.2 Å². The molecule has 0 bridgehead atoms. The predicted octanol–water partition coefficient (Wildman–Crippen LogP) is 0.735. The lowest BCUT2D eigenvalue weighted by Crippen LogP contribution is -2.47. The van der Waals surface area contributed by atoms with Crippen molar-refractivity contribution in [3.05, 3.63) is 23.8 Å². The first-order valence-electron chi connectivity index (χ1n) is 6.56. The van der Waals surface area contributed by atoms with Crippen molar-refractivity contribution in [3.8, 4) is 11.5 Å². The summed E-state index contributed by atoms with van der Waals surface area (Å²) < 4.78 is 10.4. The Morgan fingerprint density at radius 3 is 2.20 bits per heavy atom. The number of ether oxygens (including phenoxy) is 2. The summed E-state index contributed by atoms with van der Waals surface area (Å²) in [5.41, 5.74) is 0.676. The summed E-state index contributed by atoms with van der Waals surface area (Å²) in [6, 6.07) is 4.56. The van der Waals surface area contributed by atoms with Gasteiger partial charge in [0.2, 0.25) is 0 Å². The van der Waals surface area contributed by atoms with Gasteiger partial charge in [0.25, 0.3) is 0 Å². The molecule has 0 radical (unpaired) electrons. The van der Waals surface area contributed by atoms with Gasteiger partial charge in [-0.25, -0.2) is 0 Å². The zero-order valence-electron chi connectivity index (χ0n) is 11.8. The van der Waals surface area contributed by atoms with Gasteiger partial charge in [-0.3, -0.25) is 9.69 Å². The molecule has 1 aromatic rings. The highest BCUT2D eigenvalue weighted by molar-refractivity contribution is 5.76. The molecule has 0 aliphatic carbocycles. The van der Waals surface area contributed by atoms with Gasteiger partial charge in [0.1, 0.15) is 17.5 Å². The normalized spacial score (nSPS) is 17.5. The van der Waals surface area contributed by atoms with E-state index < -0.39 is 12.0 Å². The van der Waals surface area contributed by atoms with Gasteiger partial charge in [-0.05, 0) is 17.7 Å². The topological polar surface area (TPSA) is 71.0 Å². The van der Waals surface area contributed by atoms with Crippen LogP contribution in [-0.4, -0.2) is 56.4 Å². The highest BCUT2D eigenvalue weighted by Crippen LogP contribution is 2.29. The van der Waals surface area contributed by atoms with Gasteiger partial charge in [0.15, 0.2) is 0 Å². The largest absolute Gasteiger partial charge is 0.497 e. The van der Waals surface area contributed by atoms with E-state index in [1.807, 2.05) is 4.90 Å². The zero-order chi connectivity index (χ0) is 14.5. The van der Waals surface area contributed by atoms with Crippen LogP contribution in [0.15, 0.2) is 18.2 Å². The van der Waals surface area contributed by atoms with Crippen molar-refractivity contribution < 1.29 is 19.4 Å². The minimum atomic E-state index is -0.859. The van der Waals surface area contributed by atoms with Crippen molar-refractivity contribution >= 4 is 5.97 Å². The molecule has 0 amide bonds. The number of benzene rings is 1. The van der Waals surface area contributed by atoms with E-state index in [0.29, 0.717) is 30.2 Å². The molecule has 0 spiro atoms. The highest BCUT2D eigenvalue weighted by atomic mass is 16.5. The van der Waals surface area contributed by atoms with E-state index in [2.05, 4.69) is 5.32 Å². The van der Waals surface area contributed by atoms with Crippen molar-refractivity contribution in [2.75, 3.05) is 40.4 Å². The van der Waals surface area contributed by atoms with Gasteiger partial charge in [-0.15, -0.1) is 0 Å². The van der Waals surface area contributed by atoms with Crippen molar-refractivity contribution in [1.29, 1.82) is 0 Å². The number of rotatable bonds is 5. The fourth-order valence-corrected chi connectivity index (χ4v) is 2.44. The lowest BCUT2D eigenvalue weighted by molar-refractivity contribution is -0.143. The average molecular weight is 280 g/mol. The first-order chi connectivity index (χ1) is 9.65. The van der Waals surface area contributed by atoms with Crippen LogP contribution in [0.2, 0.25) is 0 Å². The Morgan fingerprint density at radius 2 is 1.75 bits per heavy atom. The Bertz CT molecular complexity index is 450. The number of methoxy groups -OCH3 is 2. The first kappa shape index (κ1) is 14.6. The van der Waals surface area contributed by atoms with Crippen LogP contribution in [0.5, 0.6) is 11.5 Å². The van der Waals surface area contributed by atoms with Crippen molar-refractivity contribution in [2.24, 2.45) is 0 Å². The highest BCUT2D eigenvalue weighted by Gasteiger charge is 2.29. The molecule has 6 heteroatoms. The standard InChI is InChI=1S/C14H20N2O4/c1-19-11-7-10(8-12(9-11)20-2)13(14(17)18)16-5-3-15-4-6-16/h7-9,13,15H,3-6H2,1-2H3,(H,17,18). The summed E-state index contributed by atoms with van der Waals surface area (Å²) in [6.07, 6.45) is 0. The second-order valence-corrected chi connectivity index (χ2v) is 4.67. The Hall–Kier alpha value is -1.79. The number of nitrogens with one attached hydrogen (secondary N) is 1. The number of hydrogen-bond donors (Lipinski definition) is 2. The van der Waals surface area contributed by atoms with E-state index in [1.54, 1.807) is 32.4 Å². The number of carboxylic acid groups (broad SMARTS) is 1. The molecule has 1 saturated heterocycles. The minimum absolute atomic E-state index is 0.598. The SMILES string of the molecule is COc1cc(OC)cc(C(C(=O)O)N2CCNCC2)c1. The molecule has 1 aliphatic rings. The van der Waals surface area contributed by atoms with Gasteiger partial charge >= 0.3 is 5.97 Å². The van der Waals surface area contributed by atoms with E-state index in [1.165, 1.54) is 0 Å². The average Bonchev–Trinajstić information content (AvgIpc) is 2.47. The molecule has 2 rings (SSSR count). The third kappa shape index (κ3) is 3.20. The maximum Gasteiger partial charge on any atom is 0.325 e. The van der Waals surface area contributed by atoms with Gasteiger partial charge < -0.3 is 19.9 Å². The third-order valence-electron chi connectivity index (χ3n) is 3.44. The fraction of sp³-hybridized carbons (Fsp3) is 0.500. The molecule has 1 heterocycles. The number of hydrogen-bond acceptors (Lipinski definition) is 5. The summed E-state index contributed by atoms with van der Waals surface area (Å²) in [5, 5.41) is 12.8. The van der Waals surface area contributed by atoms with Crippen molar-refractivity contribution in [2.45, 2.75) is 6.04 Å². The molecule has 6 nitrogen and oxygen atoms in total. The molecule has 1 fully saturated rings. The molecule has 110 valence electrons. The molecule has 1 atom stereocenters. The maximum atomic E-state index is 11.7. The molecule has 1 aliphatic heterocycles. The number of aliphatic carboxylic acids is 1. The molecular formula is C14H20N2O4. The molecule has 0 aromatic heterocycles. The van der Waals surface area contributed by atoms with E-state index in [0.717, 1.165) is 13.1 Å². The first-order valence-corrected chi connectivity index (χ1v) is 6.56. The zero-order valence-corrected chi connectivity index (χ0v) is 11.8. The summed E-state index contributed by atoms with van der Waals surface area (Å²) in [7, 11) is 3.11. The Balaban J connectivity index is 2.35. The molecule has 20 heavy (non-hydrogen) atoms. The number of carbonyl (C=O) groups is 1. The smallest absolute Gasteiger partial charge is 0.325 e. The van der Waals surface area contributed by atoms with Crippen molar-refractivity contribution in [1.82, 2.24) is 10.2 Å². The monoisotopic (exact) mass is 280 g/mol. The van der Waals surface area contributed by atoms with E-state index in [-0.39, 0.29) is 0 Å². The van der Waals surface area contributed by atoms with Crippen LogP contribution < -0.4 is 14.8 Å². The maximum absolute atomic E-state index is 11.7. The number of piperazine rings is 1. The van der Waals surface area contributed by atoms with Gasteiger partial charge in [0.05, 0.1) is 14.2 Å². The molecule has 0 saturated carbocycles. The van der Waals surface area contributed by atoms with E-state index >= 15 is 0 Å². The van der Waals surface area contributed by atoms with Crippen LogP contribution >= 0.6 is 0 Å². The van der Waals surface area contributed by atoms with Crippen LogP contribution in [0.25, 0.3) is 0 Å². The summed E-state index contributed by atoms with van der Waals surface area (Å²) >= 11 is 0. The molecule has 1 unspecified atom stereocenters. The van der Waals surface area contributed by atoms with Crippen LogP contribution in [-0.2, 0) is 4.79 Å². The van der Waals surface area contributed by atoms with Crippen LogP contribution in [0.3, 0.4) is 0 Å². The van der Waals surface area contributed by atoms with Crippen LogP contribution in [0.1, 0.15) is 11.6 Å². The van der Waals surface area contributed by atoms with Crippen LogP contribution in [0, 0.1) is 0 Å². The lowest BCUT2D eigenvalue weighted by Gasteiger charge is -2.32. The van der Waals surface area contributed by atoms with Crippen LogP contribution in [0.4, 0.5) is 0 Å². The Labute approximate surface area is 118 Å². The van der Waals surface area contributed by atoms with E-state index in [9.17, 15) is 9.90 Å². The Kier molecular flexibility index (Phi) is 4.81. The quantitative estimate of drug-likeness (QED) is 0.829. The van der Waals surface area contributed by atoms with Gasteiger partial charge in [-0.2, -0.15) is 0 Å². The van der Waals surface area contributed by atoms with E-state index in [4.69, 9.17) is 9.47 Å². The fourth-order valence-electron chi connectivity index (χ4n) is 2.44. The predicted molar refractivity (Wildman–Crippen MR) is 74.4 cm³/mol. The minimum Gasteiger partial charge on any atom is -0.497 e. The third-order valence-corrected chi connectivity index (χ3v) is 3.44. The molecule has 1 aromatic carbocycles. The second kappa shape index (κ2) is 6.58. The lowest BCUT2D eigenvalue weighted by atomic mass is 10.0. The molecular weight excluding hydrogens is 260 g/mol. The summed E-state index contributed by atoms with van der Waals surface area (Å²) in [5.74, 6) is 0.337. The number of nitrogens with zero attached hydrogens (tertiary/aromatic N) is 1. The summed E-state index contributed by atoms with van der Waals surface area (Å²) in [6.45, 7) is 3.00.